The van der Waals surface area contributed by atoms with Crippen molar-refractivity contribution in [3.63, 3.8) is 0 Å². The summed E-state index contributed by atoms with van der Waals surface area (Å²) >= 11 is 5.83. The molecule has 26 heavy (non-hydrogen) atoms. The zero-order chi connectivity index (χ0) is 19.7. The molecule has 0 saturated carbocycles. The van der Waals surface area contributed by atoms with Crippen molar-refractivity contribution in [2.45, 2.75) is 32.0 Å². The highest BCUT2D eigenvalue weighted by Crippen LogP contribution is 2.44. The minimum Gasteiger partial charge on any atom is -0.464 e. The Kier molecular flexibility index (Phi) is 5.50. The first-order chi connectivity index (χ1) is 12.1. The van der Waals surface area contributed by atoms with E-state index in [4.69, 9.17) is 21.1 Å². The highest BCUT2D eigenvalue weighted by molar-refractivity contribution is 6.31. The average Bonchev–Trinajstić information content (AvgIpc) is 2.89. The van der Waals surface area contributed by atoms with Crippen LogP contribution in [-0.2, 0) is 30.3 Å². The minimum absolute atomic E-state index is 0.0345. The Hall–Kier alpha value is -2.29. The molecule has 0 spiro atoms. The van der Waals surface area contributed by atoms with Gasteiger partial charge in [-0.15, -0.1) is 0 Å². The highest BCUT2D eigenvalue weighted by atomic mass is 35.5. The number of fused-ring (bicyclic) bond motifs is 1. The second-order valence-electron chi connectivity index (χ2n) is 5.39. The zero-order valence-corrected chi connectivity index (χ0v) is 14.6. The van der Waals surface area contributed by atoms with Crippen molar-refractivity contribution < 1.29 is 37.0 Å². The van der Waals surface area contributed by atoms with Gasteiger partial charge in [-0.3, -0.25) is 9.69 Å². The molecular formula is C16H15ClF3NO5. The Morgan fingerprint density at radius 1 is 1.15 bits per heavy atom. The van der Waals surface area contributed by atoms with Crippen molar-refractivity contribution in [2.75, 3.05) is 18.1 Å². The number of alkyl halides is 3. The number of esters is 2. The van der Waals surface area contributed by atoms with Crippen LogP contribution in [0.5, 0.6) is 0 Å². The molecular weight excluding hydrogens is 379 g/mol. The monoisotopic (exact) mass is 393 g/mol. The molecule has 1 aromatic carbocycles. The van der Waals surface area contributed by atoms with Crippen molar-refractivity contribution >= 4 is 35.1 Å². The summed E-state index contributed by atoms with van der Waals surface area (Å²) in [6, 6.07) is 3.80. The van der Waals surface area contributed by atoms with Gasteiger partial charge in [0.05, 0.1) is 18.9 Å². The van der Waals surface area contributed by atoms with Crippen LogP contribution in [-0.4, -0.2) is 42.8 Å². The van der Waals surface area contributed by atoms with E-state index in [0.29, 0.717) is 0 Å². The number of ether oxygens (including phenoxy) is 2. The fourth-order valence-corrected chi connectivity index (χ4v) is 2.94. The quantitative estimate of drug-likeness (QED) is 0.581. The molecule has 0 N–H and O–H groups in total. The summed E-state index contributed by atoms with van der Waals surface area (Å²) in [6.07, 6.45) is -5.85. The number of nitrogens with zero attached hydrogens (tertiary/aromatic N) is 1. The second-order valence-corrected chi connectivity index (χ2v) is 5.83. The number of amides is 1. The van der Waals surface area contributed by atoms with Crippen LogP contribution < -0.4 is 4.90 Å². The molecule has 0 saturated heterocycles. The maximum Gasteiger partial charge on any atom is 0.471 e. The fraction of sp³-hybridized carbons (Fsp3) is 0.438. The van der Waals surface area contributed by atoms with Crippen LogP contribution in [0.2, 0.25) is 5.02 Å². The molecule has 1 aliphatic heterocycles. The molecule has 1 aromatic rings. The van der Waals surface area contributed by atoms with E-state index in [2.05, 4.69) is 0 Å². The molecule has 0 aromatic heterocycles. The number of hydrogen-bond acceptors (Lipinski definition) is 5. The number of benzene rings is 1. The summed E-state index contributed by atoms with van der Waals surface area (Å²) in [5.41, 5.74) is -2.74. The van der Waals surface area contributed by atoms with Crippen LogP contribution in [0.15, 0.2) is 18.2 Å². The van der Waals surface area contributed by atoms with E-state index in [1.54, 1.807) is 0 Å². The van der Waals surface area contributed by atoms with Gasteiger partial charge in [0.2, 0.25) is 5.54 Å². The highest BCUT2D eigenvalue weighted by Gasteiger charge is 2.64. The maximum absolute atomic E-state index is 13.2. The third-order valence-electron chi connectivity index (χ3n) is 3.79. The number of anilines is 1. The van der Waals surface area contributed by atoms with Gasteiger partial charge in [0.1, 0.15) is 0 Å². The minimum atomic E-state index is -5.34. The molecule has 142 valence electrons. The van der Waals surface area contributed by atoms with Gasteiger partial charge in [-0.05, 0) is 31.5 Å². The number of rotatable bonds is 4. The van der Waals surface area contributed by atoms with Crippen molar-refractivity contribution in [1.82, 2.24) is 0 Å². The lowest BCUT2D eigenvalue weighted by atomic mass is 9.93. The van der Waals surface area contributed by atoms with E-state index >= 15 is 0 Å². The Labute approximate surface area is 151 Å². The van der Waals surface area contributed by atoms with E-state index in [0.717, 1.165) is 6.07 Å². The average molecular weight is 394 g/mol. The molecule has 0 radical (unpaired) electrons. The van der Waals surface area contributed by atoms with Crippen molar-refractivity contribution in [2.24, 2.45) is 0 Å². The van der Waals surface area contributed by atoms with E-state index in [9.17, 15) is 27.6 Å². The standard InChI is InChI=1S/C16H15ClF3NO5/c1-3-25-13(23)15(14(24)26-4-2)8-9-5-6-10(17)7-11(9)21(15)12(22)16(18,19)20/h5-7H,3-4,8H2,1-2H3. The molecule has 0 unspecified atom stereocenters. The van der Waals surface area contributed by atoms with Crippen LogP contribution in [0.4, 0.5) is 18.9 Å². The summed E-state index contributed by atoms with van der Waals surface area (Å²) < 4.78 is 49.3. The number of halogens is 4. The lowest BCUT2D eigenvalue weighted by molar-refractivity contribution is -0.177. The Bertz CT molecular complexity index is 732. The van der Waals surface area contributed by atoms with Crippen LogP contribution in [0, 0.1) is 0 Å². The Balaban J connectivity index is 2.73. The van der Waals surface area contributed by atoms with Gasteiger partial charge in [0, 0.05) is 11.4 Å². The topological polar surface area (TPSA) is 72.9 Å². The summed E-state index contributed by atoms with van der Waals surface area (Å²) in [7, 11) is 0. The second kappa shape index (κ2) is 7.14. The van der Waals surface area contributed by atoms with E-state index < -0.39 is 36.0 Å². The Morgan fingerprint density at radius 2 is 1.69 bits per heavy atom. The maximum atomic E-state index is 13.2. The largest absolute Gasteiger partial charge is 0.471 e. The van der Waals surface area contributed by atoms with Crippen LogP contribution in [0.1, 0.15) is 19.4 Å². The molecule has 0 bridgehead atoms. The first-order valence-corrected chi connectivity index (χ1v) is 8.01. The molecule has 0 aliphatic carbocycles. The van der Waals surface area contributed by atoms with Gasteiger partial charge in [-0.25, -0.2) is 9.59 Å². The van der Waals surface area contributed by atoms with Gasteiger partial charge in [0.15, 0.2) is 0 Å². The number of hydrogen-bond donors (Lipinski definition) is 0. The molecule has 0 fully saturated rings. The molecule has 1 heterocycles. The van der Waals surface area contributed by atoms with Gasteiger partial charge in [0.25, 0.3) is 0 Å². The summed E-state index contributed by atoms with van der Waals surface area (Å²) in [5.74, 6) is -4.99. The van der Waals surface area contributed by atoms with Gasteiger partial charge >= 0.3 is 24.0 Å². The zero-order valence-electron chi connectivity index (χ0n) is 13.9. The van der Waals surface area contributed by atoms with Crippen molar-refractivity contribution in [3.8, 4) is 0 Å². The first-order valence-electron chi connectivity index (χ1n) is 7.63. The molecule has 10 heteroatoms. The smallest absolute Gasteiger partial charge is 0.464 e. The Morgan fingerprint density at radius 3 is 2.15 bits per heavy atom. The molecule has 6 nitrogen and oxygen atoms in total. The normalized spacial score (nSPS) is 15.4. The predicted molar refractivity (Wildman–Crippen MR) is 84.7 cm³/mol. The summed E-state index contributed by atoms with van der Waals surface area (Å²) in [5, 5.41) is 0.0345. The third kappa shape index (κ3) is 3.23. The fourth-order valence-electron chi connectivity index (χ4n) is 2.78. The lowest BCUT2D eigenvalue weighted by Crippen LogP contribution is -2.64. The van der Waals surface area contributed by atoms with Crippen LogP contribution in [0.25, 0.3) is 0 Å². The van der Waals surface area contributed by atoms with Crippen LogP contribution >= 0.6 is 11.6 Å². The van der Waals surface area contributed by atoms with E-state index in [-0.39, 0.29) is 34.4 Å². The lowest BCUT2D eigenvalue weighted by Gasteiger charge is -2.34. The van der Waals surface area contributed by atoms with E-state index in [1.165, 1.54) is 26.0 Å². The SMILES string of the molecule is CCOC(=O)C1(C(=O)OCC)Cc2ccc(Cl)cc2N1C(=O)C(F)(F)F. The molecule has 0 atom stereocenters. The van der Waals surface area contributed by atoms with E-state index in [1.807, 2.05) is 0 Å². The third-order valence-corrected chi connectivity index (χ3v) is 4.02. The molecule has 1 amide bonds. The van der Waals surface area contributed by atoms with Crippen molar-refractivity contribution in [3.05, 3.63) is 28.8 Å². The van der Waals surface area contributed by atoms with Gasteiger partial charge < -0.3 is 9.47 Å². The predicted octanol–water partition coefficient (Wildman–Crippen LogP) is 2.66. The molecule has 2 rings (SSSR count). The first kappa shape index (κ1) is 20.0. The number of carbonyl (C=O) groups excluding carboxylic acids is 3. The van der Waals surface area contributed by atoms with Crippen molar-refractivity contribution in [1.29, 1.82) is 0 Å². The van der Waals surface area contributed by atoms with Gasteiger partial charge in [-0.1, -0.05) is 17.7 Å². The summed E-state index contributed by atoms with van der Waals surface area (Å²) in [6.45, 7) is 2.44. The molecule has 1 aliphatic rings. The number of carbonyl (C=O) groups is 3. The summed E-state index contributed by atoms with van der Waals surface area (Å²) in [4.78, 5) is 37.3. The van der Waals surface area contributed by atoms with Gasteiger partial charge in [-0.2, -0.15) is 13.2 Å². The van der Waals surface area contributed by atoms with Crippen LogP contribution in [0.3, 0.4) is 0 Å².